The first kappa shape index (κ1) is 16.6. The van der Waals surface area contributed by atoms with Gasteiger partial charge in [-0.1, -0.05) is 23.7 Å². The first-order valence-electron chi connectivity index (χ1n) is 7.70. The number of pyridine rings is 1. The van der Waals surface area contributed by atoms with Gasteiger partial charge in [0.25, 0.3) is 0 Å². The van der Waals surface area contributed by atoms with Crippen LogP contribution in [-0.4, -0.2) is 26.4 Å². The van der Waals surface area contributed by atoms with Gasteiger partial charge in [0, 0.05) is 54.9 Å². The number of nitrogens with one attached hydrogen (secondary N) is 1. The van der Waals surface area contributed by atoms with Crippen LogP contribution in [0.4, 0.5) is 0 Å². The molecule has 0 spiro atoms. The third-order valence-electron chi connectivity index (χ3n) is 3.77. The van der Waals surface area contributed by atoms with E-state index in [9.17, 15) is 5.11 Å². The van der Waals surface area contributed by atoms with Gasteiger partial charge in [0.15, 0.2) is 0 Å². The fourth-order valence-corrected chi connectivity index (χ4v) is 2.69. The van der Waals surface area contributed by atoms with E-state index in [4.69, 9.17) is 11.6 Å². The summed E-state index contributed by atoms with van der Waals surface area (Å²) in [5.41, 5.74) is 3.87. The normalized spacial score (nSPS) is 12.3. The van der Waals surface area contributed by atoms with E-state index in [0.29, 0.717) is 18.1 Å². The fraction of sp³-hybridized carbons (Fsp3) is 0.222. The van der Waals surface area contributed by atoms with Gasteiger partial charge < -0.3 is 10.4 Å². The summed E-state index contributed by atoms with van der Waals surface area (Å²) >= 11 is 5.87. The van der Waals surface area contributed by atoms with E-state index in [0.717, 1.165) is 22.4 Å². The van der Waals surface area contributed by atoms with Crippen LogP contribution in [0.5, 0.6) is 0 Å². The maximum atomic E-state index is 10.2. The molecule has 2 aromatic heterocycles. The number of aromatic nitrogens is 3. The lowest BCUT2D eigenvalue weighted by atomic mass is 10.1. The van der Waals surface area contributed by atoms with Gasteiger partial charge in [-0.2, -0.15) is 5.10 Å². The Morgan fingerprint density at radius 3 is 2.58 bits per heavy atom. The molecule has 6 heteroatoms. The Hall–Kier alpha value is -2.21. The van der Waals surface area contributed by atoms with Gasteiger partial charge in [0.05, 0.1) is 11.8 Å². The summed E-state index contributed by atoms with van der Waals surface area (Å²) in [5, 5.41) is 18.7. The van der Waals surface area contributed by atoms with Crippen molar-refractivity contribution in [3.8, 4) is 11.3 Å². The quantitative estimate of drug-likeness (QED) is 0.723. The zero-order valence-electron chi connectivity index (χ0n) is 13.4. The standard InChI is InChI=1S/C18H19ClN4O/c1-23-12-15(18(22-23)14-6-8-20-9-7-14)10-21-11-17(24)13-2-4-16(19)5-3-13/h2-9,12,17,21,24H,10-11H2,1H3. The second-order valence-corrected chi connectivity index (χ2v) is 6.05. The molecule has 24 heavy (non-hydrogen) atoms. The summed E-state index contributed by atoms with van der Waals surface area (Å²) in [7, 11) is 1.90. The first-order chi connectivity index (χ1) is 11.6. The predicted molar refractivity (Wildman–Crippen MR) is 94.6 cm³/mol. The monoisotopic (exact) mass is 342 g/mol. The summed E-state index contributed by atoms with van der Waals surface area (Å²) in [6, 6.07) is 11.1. The summed E-state index contributed by atoms with van der Waals surface area (Å²) < 4.78 is 1.79. The van der Waals surface area contributed by atoms with Crippen LogP contribution in [0.1, 0.15) is 17.2 Å². The highest BCUT2D eigenvalue weighted by atomic mass is 35.5. The van der Waals surface area contributed by atoms with Gasteiger partial charge in [0.1, 0.15) is 0 Å². The van der Waals surface area contributed by atoms with Crippen molar-refractivity contribution in [2.24, 2.45) is 7.05 Å². The summed E-state index contributed by atoms with van der Waals surface area (Å²) in [6.07, 6.45) is 4.91. The molecule has 0 fully saturated rings. The third-order valence-corrected chi connectivity index (χ3v) is 4.02. The summed E-state index contributed by atoms with van der Waals surface area (Å²) in [6.45, 7) is 1.07. The van der Waals surface area contributed by atoms with E-state index in [1.807, 2.05) is 37.5 Å². The highest BCUT2D eigenvalue weighted by molar-refractivity contribution is 6.30. The molecule has 0 amide bonds. The van der Waals surface area contributed by atoms with Crippen LogP contribution in [0.15, 0.2) is 55.0 Å². The van der Waals surface area contributed by atoms with Crippen molar-refractivity contribution in [2.75, 3.05) is 6.54 Å². The van der Waals surface area contributed by atoms with Crippen molar-refractivity contribution in [1.82, 2.24) is 20.1 Å². The van der Waals surface area contributed by atoms with Gasteiger partial charge in [0.2, 0.25) is 0 Å². The molecule has 0 saturated carbocycles. The van der Waals surface area contributed by atoms with Crippen LogP contribution >= 0.6 is 11.6 Å². The zero-order chi connectivity index (χ0) is 16.9. The Labute approximate surface area is 145 Å². The average molecular weight is 343 g/mol. The number of aliphatic hydroxyl groups is 1. The third kappa shape index (κ3) is 4.00. The Kier molecular flexibility index (Phi) is 5.25. The second kappa shape index (κ2) is 7.57. The number of rotatable bonds is 6. The van der Waals surface area contributed by atoms with Gasteiger partial charge in [-0.3, -0.25) is 9.67 Å². The molecule has 0 radical (unpaired) electrons. The molecule has 0 aliphatic rings. The van der Waals surface area contributed by atoms with E-state index in [1.54, 1.807) is 29.2 Å². The van der Waals surface area contributed by atoms with Crippen LogP contribution < -0.4 is 5.32 Å². The van der Waals surface area contributed by atoms with Crippen LogP contribution in [0.2, 0.25) is 5.02 Å². The van der Waals surface area contributed by atoms with Crippen molar-refractivity contribution in [1.29, 1.82) is 0 Å². The number of nitrogens with zero attached hydrogens (tertiary/aromatic N) is 3. The van der Waals surface area contributed by atoms with Crippen LogP contribution in [0, 0.1) is 0 Å². The molecule has 0 saturated heterocycles. The molecule has 3 aromatic rings. The summed E-state index contributed by atoms with van der Waals surface area (Å²) in [5.74, 6) is 0. The van der Waals surface area contributed by atoms with Gasteiger partial charge >= 0.3 is 0 Å². The molecule has 2 N–H and O–H groups in total. The Morgan fingerprint density at radius 2 is 1.88 bits per heavy atom. The minimum Gasteiger partial charge on any atom is -0.387 e. The lowest BCUT2D eigenvalue weighted by molar-refractivity contribution is 0.174. The van der Waals surface area contributed by atoms with Crippen LogP contribution in [-0.2, 0) is 13.6 Å². The number of aryl methyl sites for hydroxylation is 1. The lowest BCUT2D eigenvalue weighted by Crippen LogP contribution is -2.21. The number of benzene rings is 1. The zero-order valence-corrected chi connectivity index (χ0v) is 14.1. The molecule has 3 rings (SSSR count). The molecule has 5 nitrogen and oxygen atoms in total. The average Bonchev–Trinajstić information content (AvgIpc) is 2.97. The molecule has 1 unspecified atom stereocenters. The van der Waals surface area contributed by atoms with E-state index in [1.165, 1.54) is 0 Å². The maximum absolute atomic E-state index is 10.2. The minimum atomic E-state index is -0.580. The molecule has 0 aliphatic heterocycles. The lowest BCUT2D eigenvalue weighted by Gasteiger charge is -2.12. The Balaban J connectivity index is 1.64. The SMILES string of the molecule is Cn1cc(CNCC(O)c2ccc(Cl)cc2)c(-c2ccncc2)n1. The van der Waals surface area contributed by atoms with E-state index in [2.05, 4.69) is 15.4 Å². The fourth-order valence-electron chi connectivity index (χ4n) is 2.57. The Bertz CT molecular complexity index is 787. The van der Waals surface area contributed by atoms with Crippen molar-refractivity contribution in [2.45, 2.75) is 12.6 Å². The van der Waals surface area contributed by atoms with Crippen molar-refractivity contribution in [3.63, 3.8) is 0 Å². The van der Waals surface area contributed by atoms with E-state index in [-0.39, 0.29) is 0 Å². The molecular formula is C18H19ClN4O. The molecule has 0 aliphatic carbocycles. The topological polar surface area (TPSA) is 63.0 Å². The van der Waals surface area contributed by atoms with Gasteiger partial charge in [-0.15, -0.1) is 0 Å². The van der Waals surface area contributed by atoms with Crippen LogP contribution in [0.3, 0.4) is 0 Å². The van der Waals surface area contributed by atoms with E-state index >= 15 is 0 Å². The number of hydrogen-bond donors (Lipinski definition) is 2. The van der Waals surface area contributed by atoms with Crippen molar-refractivity contribution < 1.29 is 5.11 Å². The molecule has 1 aromatic carbocycles. The molecule has 124 valence electrons. The Morgan fingerprint density at radius 1 is 1.17 bits per heavy atom. The smallest absolute Gasteiger partial charge is 0.0969 e. The maximum Gasteiger partial charge on any atom is 0.0969 e. The number of hydrogen-bond acceptors (Lipinski definition) is 4. The van der Waals surface area contributed by atoms with Crippen LogP contribution in [0.25, 0.3) is 11.3 Å². The second-order valence-electron chi connectivity index (χ2n) is 5.61. The molecule has 2 heterocycles. The van der Waals surface area contributed by atoms with Gasteiger partial charge in [-0.25, -0.2) is 0 Å². The largest absolute Gasteiger partial charge is 0.387 e. The number of aliphatic hydroxyl groups excluding tert-OH is 1. The molecule has 0 bridgehead atoms. The highest BCUT2D eigenvalue weighted by Gasteiger charge is 2.11. The van der Waals surface area contributed by atoms with E-state index < -0.39 is 6.10 Å². The summed E-state index contributed by atoms with van der Waals surface area (Å²) in [4.78, 5) is 4.04. The number of halogens is 1. The minimum absolute atomic E-state index is 0.451. The predicted octanol–water partition coefficient (Wildman–Crippen LogP) is 2.96. The van der Waals surface area contributed by atoms with Crippen molar-refractivity contribution in [3.05, 3.63) is 71.1 Å². The van der Waals surface area contributed by atoms with Crippen molar-refractivity contribution >= 4 is 11.6 Å². The molecule has 1 atom stereocenters. The van der Waals surface area contributed by atoms with Gasteiger partial charge in [-0.05, 0) is 29.8 Å². The first-order valence-corrected chi connectivity index (χ1v) is 8.08. The molecular weight excluding hydrogens is 324 g/mol. The highest BCUT2D eigenvalue weighted by Crippen LogP contribution is 2.21.